The Morgan fingerprint density at radius 2 is 1.96 bits per heavy atom. The zero-order valence-electron chi connectivity index (χ0n) is 14.6. The van der Waals surface area contributed by atoms with Crippen LogP contribution < -0.4 is 0 Å². The van der Waals surface area contributed by atoms with Gasteiger partial charge >= 0.3 is 0 Å². The largest absolute Gasteiger partial charge is 0.253 e. The highest BCUT2D eigenvalue weighted by molar-refractivity contribution is 9.10. The second-order valence-corrected chi connectivity index (χ2v) is 9.96. The summed E-state index contributed by atoms with van der Waals surface area (Å²) < 4.78 is 3.84. The lowest BCUT2D eigenvalue weighted by Gasteiger charge is -1.98. The summed E-state index contributed by atoms with van der Waals surface area (Å²) in [6.45, 7) is 3.97. The van der Waals surface area contributed by atoms with E-state index in [-0.39, 0.29) is 0 Å². The van der Waals surface area contributed by atoms with E-state index in [0.29, 0.717) is 16.7 Å². The molecule has 0 bridgehead atoms. The van der Waals surface area contributed by atoms with Crippen LogP contribution in [0.3, 0.4) is 0 Å². The molecule has 0 aliphatic heterocycles. The predicted molar refractivity (Wildman–Crippen MR) is 113 cm³/mol. The smallest absolute Gasteiger partial charge is 0.216 e. The fourth-order valence-corrected chi connectivity index (χ4v) is 5.55. The first-order chi connectivity index (χ1) is 13.1. The minimum atomic E-state index is 0.637. The summed E-state index contributed by atoms with van der Waals surface area (Å²) in [5.41, 5.74) is 3.23. The molecule has 0 aliphatic rings. The van der Waals surface area contributed by atoms with Gasteiger partial charge in [0.25, 0.3) is 5.78 Å². The van der Waals surface area contributed by atoms with Crippen molar-refractivity contribution < 1.29 is 0 Å². The second-order valence-electron chi connectivity index (χ2n) is 5.81. The molecule has 10 heteroatoms. The molecule has 4 aromatic rings. The topological polar surface area (TPSA) is 68.9 Å². The molecule has 1 aromatic carbocycles. The van der Waals surface area contributed by atoms with E-state index < -0.39 is 0 Å². The monoisotopic (exact) mass is 478 g/mol. The van der Waals surface area contributed by atoms with E-state index in [2.05, 4.69) is 53.3 Å². The molecule has 0 unspecified atom stereocenters. The molecule has 6 nitrogen and oxygen atoms in total. The van der Waals surface area contributed by atoms with Crippen molar-refractivity contribution in [1.29, 1.82) is 0 Å². The van der Waals surface area contributed by atoms with Crippen molar-refractivity contribution in [2.75, 3.05) is 0 Å². The Kier molecular flexibility index (Phi) is 5.76. The van der Waals surface area contributed by atoms with Gasteiger partial charge < -0.3 is 0 Å². The lowest BCUT2D eigenvalue weighted by molar-refractivity contribution is 0.843. The average molecular weight is 479 g/mol. The molecule has 0 aliphatic carbocycles. The average Bonchev–Trinajstić information content (AvgIpc) is 3.25. The first kappa shape index (κ1) is 18.9. The highest BCUT2D eigenvalue weighted by Crippen LogP contribution is 2.29. The van der Waals surface area contributed by atoms with Crippen molar-refractivity contribution in [2.45, 2.75) is 34.8 Å². The number of hydrogen-bond donors (Lipinski definition) is 0. The standard InChI is InChI=1S/C17H15BrN6S3/c1-10-6-11(2)24-15(19-10)20-16(23-24)25-9-14-21-22-17(27-14)26-8-12-4-3-5-13(18)7-12/h3-7H,8-9H2,1-2H3. The lowest BCUT2D eigenvalue weighted by Crippen LogP contribution is -1.97. The summed E-state index contributed by atoms with van der Waals surface area (Å²) in [6.07, 6.45) is 0. The third-order valence-electron chi connectivity index (χ3n) is 3.62. The number of nitrogens with zero attached hydrogens (tertiary/aromatic N) is 6. The number of halogens is 1. The molecule has 0 saturated heterocycles. The van der Waals surface area contributed by atoms with Crippen LogP contribution in [-0.4, -0.2) is 29.8 Å². The van der Waals surface area contributed by atoms with E-state index in [9.17, 15) is 0 Å². The number of fused-ring (bicyclic) bond motifs is 1. The second kappa shape index (κ2) is 8.26. The van der Waals surface area contributed by atoms with E-state index in [1.54, 1.807) is 39.4 Å². The Labute approximate surface area is 177 Å². The van der Waals surface area contributed by atoms with Gasteiger partial charge in [0.15, 0.2) is 4.34 Å². The number of rotatable bonds is 6. The summed E-state index contributed by atoms with van der Waals surface area (Å²) >= 11 is 8.37. The first-order valence-electron chi connectivity index (χ1n) is 8.10. The van der Waals surface area contributed by atoms with Gasteiger partial charge in [-0.3, -0.25) is 0 Å². The molecule has 4 rings (SSSR count). The van der Waals surface area contributed by atoms with Gasteiger partial charge in [-0.15, -0.1) is 15.3 Å². The van der Waals surface area contributed by atoms with E-state index in [1.807, 2.05) is 32.0 Å². The Bertz CT molecular complexity index is 1090. The van der Waals surface area contributed by atoms with E-state index in [1.165, 1.54) is 5.56 Å². The first-order valence-corrected chi connectivity index (χ1v) is 11.7. The van der Waals surface area contributed by atoms with Gasteiger partial charge in [0.2, 0.25) is 5.16 Å². The maximum atomic E-state index is 4.51. The molecular weight excluding hydrogens is 464 g/mol. The highest BCUT2D eigenvalue weighted by atomic mass is 79.9. The number of hydrogen-bond acceptors (Lipinski definition) is 8. The van der Waals surface area contributed by atoms with Gasteiger partial charge in [-0.1, -0.05) is 62.9 Å². The lowest BCUT2D eigenvalue weighted by atomic mass is 10.2. The molecule has 27 heavy (non-hydrogen) atoms. The van der Waals surface area contributed by atoms with Crippen molar-refractivity contribution in [2.24, 2.45) is 0 Å². The molecule has 0 spiro atoms. The van der Waals surface area contributed by atoms with Crippen molar-refractivity contribution >= 4 is 56.6 Å². The van der Waals surface area contributed by atoms with Gasteiger partial charge in [-0.05, 0) is 37.6 Å². The predicted octanol–water partition coefficient (Wildman–Crippen LogP) is 4.94. The van der Waals surface area contributed by atoms with Crippen LogP contribution in [0, 0.1) is 13.8 Å². The zero-order valence-corrected chi connectivity index (χ0v) is 18.6. The van der Waals surface area contributed by atoms with Crippen LogP contribution >= 0.6 is 50.8 Å². The van der Waals surface area contributed by atoms with E-state index in [4.69, 9.17) is 0 Å². The summed E-state index contributed by atoms with van der Waals surface area (Å²) in [4.78, 5) is 8.91. The number of thioether (sulfide) groups is 2. The fraction of sp³-hybridized carbons (Fsp3) is 0.235. The minimum Gasteiger partial charge on any atom is -0.216 e. The Morgan fingerprint density at radius 3 is 2.81 bits per heavy atom. The molecule has 3 aromatic heterocycles. The third-order valence-corrected chi connectivity index (χ3v) is 7.28. The molecule has 0 amide bonds. The van der Waals surface area contributed by atoms with Crippen LogP contribution in [0.4, 0.5) is 0 Å². The zero-order chi connectivity index (χ0) is 18.8. The van der Waals surface area contributed by atoms with Gasteiger partial charge in [0, 0.05) is 21.6 Å². The molecule has 138 valence electrons. The maximum absolute atomic E-state index is 4.51. The number of benzene rings is 1. The molecular formula is C17H15BrN6S3. The Balaban J connectivity index is 1.37. The van der Waals surface area contributed by atoms with Crippen LogP contribution in [0.1, 0.15) is 22.0 Å². The Morgan fingerprint density at radius 1 is 1.07 bits per heavy atom. The molecule has 0 radical (unpaired) electrons. The number of aryl methyl sites for hydroxylation is 2. The maximum Gasteiger partial charge on any atom is 0.253 e. The summed E-state index contributed by atoms with van der Waals surface area (Å²) in [7, 11) is 0. The van der Waals surface area contributed by atoms with Crippen molar-refractivity contribution in [1.82, 2.24) is 29.8 Å². The summed E-state index contributed by atoms with van der Waals surface area (Å²) in [5.74, 6) is 2.21. The third kappa shape index (κ3) is 4.68. The quantitative estimate of drug-likeness (QED) is 0.363. The molecule has 3 heterocycles. The van der Waals surface area contributed by atoms with Gasteiger partial charge in [0.05, 0.1) is 5.75 Å². The molecule has 0 saturated carbocycles. The molecule has 0 atom stereocenters. The minimum absolute atomic E-state index is 0.637. The number of aromatic nitrogens is 6. The summed E-state index contributed by atoms with van der Waals surface area (Å²) in [5, 5.41) is 14.8. The van der Waals surface area contributed by atoms with Gasteiger partial charge in [0.1, 0.15) is 5.01 Å². The normalized spacial score (nSPS) is 11.4. The Hall–Kier alpha value is -1.49. The van der Waals surface area contributed by atoms with E-state index in [0.717, 1.165) is 31.0 Å². The molecule has 0 fully saturated rings. The van der Waals surface area contributed by atoms with Gasteiger partial charge in [-0.25, -0.2) is 9.50 Å². The van der Waals surface area contributed by atoms with Crippen LogP contribution in [0.5, 0.6) is 0 Å². The van der Waals surface area contributed by atoms with Crippen molar-refractivity contribution in [3.05, 3.63) is 56.8 Å². The van der Waals surface area contributed by atoms with Crippen LogP contribution in [0.15, 0.2) is 44.3 Å². The highest BCUT2D eigenvalue weighted by Gasteiger charge is 2.11. The molecule has 0 N–H and O–H groups in total. The fourth-order valence-electron chi connectivity index (χ4n) is 2.46. The van der Waals surface area contributed by atoms with Crippen molar-refractivity contribution in [3.8, 4) is 0 Å². The van der Waals surface area contributed by atoms with E-state index >= 15 is 0 Å². The van der Waals surface area contributed by atoms with Crippen LogP contribution in [0.2, 0.25) is 0 Å². The summed E-state index contributed by atoms with van der Waals surface area (Å²) in [6, 6.07) is 10.3. The van der Waals surface area contributed by atoms with Crippen molar-refractivity contribution in [3.63, 3.8) is 0 Å². The van der Waals surface area contributed by atoms with Crippen LogP contribution in [-0.2, 0) is 11.5 Å². The SMILES string of the molecule is Cc1cc(C)n2nc(SCc3nnc(SCc4cccc(Br)c4)s3)nc2n1. The van der Waals surface area contributed by atoms with Gasteiger partial charge in [-0.2, -0.15) is 4.98 Å². The van der Waals surface area contributed by atoms with Crippen LogP contribution in [0.25, 0.3) is 5.78 Å².